The molecule has 0 heterocycles. The van der Waals surface area contributed by atoms with Crippen molar-refractivity contribution in [3.8, 4) is 0 Å². The van der Waals surface area contributed by atoms with Crippen molar-refractivity contribution in [2.45, 2.75) is 19.6 Å². The standard InChI is InChI=1S/C21H22N2O2/c1-15(24)23-20-9-5-4-8-19(20)13-22-14-21(25)18-11-10-16-6-2-3-7-17(16)12-18/h2-12,21-22,25H,13-14H2,1H3,(H,23,24). The molecule has 1 amide bonds. The normalized spacial score (nSPS) is 12.1. The van der Waals surface area contributed by atoms with Gasteiger partial charge in [0.05, 0.1) is 6.10 Å². The van der Waals surface area contributed by atoms with Gasteiger partial charge < -0.3 is 15.7 Å². The van der Waals surface area contributed by atoms with Crippen LogP contribution in [0.25, 0.3) is 10.8 Å². The lowest BCUT2D eigenvalue weighted by Crippen LogP contribution is -2.22. The molecule has 3 rings (SSSR count). The molecule has 1 atom stereocenters. The molecule has 0 aliphatic carbocycles. The molecule has 0 saturated carbocycles. The molecule has 128 valence electrons. The van der Waals surface area contributed by atoms with E-state index in [1.165, 1.54) is 6.92 Å². The van der Waals surface area contributed by atoms with E-state index in [4.69, 9.17) is 0 Å². The first kappa shape index (κ1) is 17.1. The molecular formula is C21H22N2O2. The van der Waals surface area contributed by atoms with E-state index in [0.29, 0.717) is 13.1 Å². The van der Waals surface area contributed by atoms with Crippen LogP contribution in [0.4, 0.5) is 5.69 Å². The second-order valence-corrected chi connectivity index (χ2v) is 6.09. The average Bonchev–Trinajstić information content (AvgIpc) is 2.62. The van der Waals surface area contributed by atoms with Crippen molar-refractivity contribution in [2.75, 3.05) is 11.9 Å². The second-order valence-electron chi connectivity index (χ2n) is 6.09. The minimum absolute atomic E-state index is 0.0938. The first-order valence-corrected chi connectivity index (χ1v) is 8.36. The Morgan fingerprint density at radius 3 is 2.52 bits per heavy atom. The van der Waals surface area contributed by atoms with Crippen LogP contribution in [0.3, 0.4) is 0 Å². The summed E-state index contributed by atoms with van der Waals surface area (Å²) >= 11 is 0. The van der Waals surface area contributed by atoms with Crippen LogP contribution >= 0.6 is 0 Å². The highest BCUT2D eigenvalue weighted by atomic mass is 16.3. The van der Waals surface area contributed by atoms with E-state index < -0.39 is 6.10 Å². The zero-order valence-electron chi connectivity index (χ0n) is 14.2. The van der Waals surface area contributed by atoms with E-state index in [0.717, 1.165) is 27.6 Å². The summed E-state index contributed by atoms with van der Waals surface area (Å²) in [5, 5.41) is 18.8. The Balaban J connectivity index is 1.62. The van der Waals surface area contributed by atoms with E-state index in [9.17, 15) is 9.90 Å². The van der Waals surface area contributed by atoms with Crippen molar-refractivity contribution >= 4 is 22.4 Å². The number of anilines is 1. The molecule has 0 aliphatic rings. The smallest absolute Gasteiger partial charge is 0.221 e. The molecule has 4 nitrogen and oxygen atoms in total. The van der Waals surface area contributed by atoms with Gasteiger partial charge in [-0.15, -0.1) is 0 Å². The molecule has 25 heavy (non-hydrogen) atoms. The summed E-state index contributed by atoms with van der Waals surface area (Å²) < 4.78 is 0. The fourth-order valence-electron chi connectivity index (χ4n) is 2.86. The fourth-order valence-corrected chi connectivity index (χ4v) is 2.86. The number of carbonyl (C=O) groups excluding carboxylic acids is 1. The van der Waals surface area contributed by atoms with Crippen molar-refractivity contribution in [1.82, 2.24) is 5.32 Å². The van der Waals surface area contributed by atoms with Crippen molar-refractivity contribution in [1.29, 1.82) is 0 Å². The third-order valence-corrected chi connectivity index (χ3v) is 4.14. The van der Waals surface area contributed by atoms with Gasteiger partial charge in [0, 0.05) is 25.7 Å². The summed E-state index contributed by atoms with van der Waals surface area (Å²) in [7, 11) is 0. The van der Waals surface area contributed by atoms with Crippen LogP contribution in [0.2, 0.25) is 0 Å². The maximum Gasteiger partial charge on any atom is 0.221 e. The number of nitrogens with one attached hydrogen (secondary N) is 2. The molecule has 0 spiro atoms. The number of aliphatic hydroxyl groups is 1. The van der Waals surface area contributed by atoms with Crippen LogP contribution in [0.5, 0.6) is 0 Å². The molecule has 0 fully saturated rings. The lowest BCUT2D eigenvalue weighted by Gasteiger charge is -2.15. The van der Waals surface area contributed by atoms with Crippen LogP contribution in [0, 0.1) is 0 Å². The quantitative estimate of drug-likeness (QED) is 0.645. The zero-order chi connectivity index (χ0) is 17.6. The molecule has 4 heteroatoms. The highest BCUT2D eigenvalue weighted by Gasteiger charge is 2.09. The van der Waals surface area contributed by atoms with Gasteiger partial charge in [-0.05, 0) is 34.0 Å². The van der Waals surface area contributed by atoms with Gasteiger partial charge in [-0.2, -0.15) is 0 Å². The molecule has 0 aromatic heterocycles. The number of aliphatic hydroxyl groups excluding tert-OH is 1. The molecule has 0 aliphatic heterocycles. The molecule has 3 N–H and O–H groups in total. The number of hydrogen-bond acceptors (Lipinski definition) is 3. The Morgan fingerprint density at radius 2 is 1.72 bits per heavy atom. The summed E-state index contributed by atoms with van der Waals surface area (Å²) in [6.45, 7) is 2.50. The second kappa shape index (κ2) is 7.92. The van der Waals surface area contributed by atoms with Gasteiger partial charge in [-0.1, -0.05) is 54.6 Å². The van der Waals surface area contributed by atoms with E-state index in [1.807, 2.05) is 60.7 Å². The highest BCUT2D eigenvalue weighted by Crippen LogP contribution is 2.20. The number of amides is 1. The lowest BCUT2D eigenvalue weighted by molar-refractivity contribution is -0.114. The summed E-state index contributed by atoms with van der Waals surface area (Å²) in [5.74, 6) is -0.0938. The Bertz CT molecular complexity index is 876. The van der Waals surface area contributed by atoms with Gasteiger partial charge in [0.25, 0.3) is 0 Å². The lowest BCUT2D eigenvalue weighted by atomic mass is 10.0. The molecule has 3 aromatic rings. The average molecular weight is 334 g/mol. The number of rotatable bonds is 6. The Kier molecular flexibility index (Phi) is 5.43. The summed E-state index contributed by atoms with van der Waals surface area (Å²) in [4.78, 5) is 11.3. The zero-order valence-corrected chi connectivity index (χ0v) is 14.2. The summed E-state index contributed by atoms with van der Waals surface area (Å²) in [6, 6.07) is 21.8. The monoisotopic (exact) mass is 334 g/mol. The van der Waals surface area contributed by atoms with Crippen LogP contribution < -0.4 is 10.6 Å². The van der Waals surface area contributed by atoms with Crippen molar-refractivity contribution < 1.29 is 9.90 Å². The molecule has 0 bridgehead atoms. The Labute approximate surface area is 147 Å². The number of para-hydroxylation sites is 1. The number of hydrogen-bond donors (Lipinski definition) is 3. The largest absolute Gasteiger partial charge is 0.387 e. The third kappa shape index (κ3) is 4.44. The van der Waals surface area contributed by atoms with Crippen molar-refractivity contribution in [3.05, 3.63) is 77.9 Å². The summed E-state index contributed by atoms with van der Waals surface area (Å²) in [5.41, 5.74) is 2.67. The van der Waals surface area contributed by atoms with E-state index in [1.54, 1.807) is 0 Å². The minimum atomic E-state index is -0.586. The minimum Gasteiger partial charge on any atom is -0.387 e. The first-order valence-electron chi connectivity index (χ1n) is 8.36. The topological polar surface area (TPSA) is 61.4 Å². The van der Waals surface area contributed by atoms with Gasteiger partial charge in [0.2, 0.25) is 5.91 Å². The maximum atomic E-state index is 11.3. The molecule has 3 aromatic carbocycles. The van der Waals surface area contributed by atoms with Gasteiger partial charge in [-0.25, -0.2) is 0 Å². The van der Waals surface area contributed by atoms with Crippen molar-refractivity contribution in [3.63, 3.8) is 0 Å². The predicted molar refractivity (Wildman–Crippen MR) is 101 cm³/mol. The number of carbonyl (C=O) groups is 1. The number of benzene rings is 3. The Morgan fingerprint density at radius 1 is 1.00 bits per heavy atom. The van der Waals surface area contributed by atoms with E-state index in [2.05, 4.69) is 16.7 Å². The van der Waals surface area contributed by atoms with Crippen LogP contribution in [-0.2, 0) is 11.3 Å². The number of fused-ring (bicyclic) bond motifs is 1. The molecule has 0 radical (unpaired) electrons. The van der Waals surface area contributed by atoms with Crippen LogP contribution in [0.1, 0.15) is 24.2 Å². The van der Waals surface area contributed by atoms with Crippen LogP contribution in [-0.4, -0.2) is 17.6 Å². The van der Waals surface area contributed by atoms with Crippen LogP contribution in [0.15, 0.2) is 66.7 Å². The van der Waals surface area contributed by atoms with Gasteiger partial charge in [-0.3, -0.25) is 4.79 Å². The Hall–Kier alpha value is -2.69. The van der Waals surface area contributed by atoms with Gasteiger partial charge in [0.1, 0.15) is 0 Å². The third-order valence-electron chi connectivity index (χ3n) is 4.14. The maximum absolute atomic E-state index is 11.3. The highest BCUT2D eigenvalue weighted by molar-refractivity contribution is 5.89. The molecular weight excluding hydrogens is 312 g/mol. The summed E-state index contributed by atoms with van der Waals surface area (Å²) in [6.07, 6.45) is -0.586. The van der Waals surface area contributed by atoms with Gasteiger partial charge >= 0.3 is 0 Å². The molecule has 0 saturated heterocycles. The SMILES string of the molecule is CC(=O)Nc1ccccc1CNCC(O)c1ccc2ccccc2c1. The van der Waals surface area contributed by atoms with E-state index >= 15 is 0 Å². The molecule has 1 unspecified atom stereocenters. The fraction of sp³-hybridized carbons (Fsp3) is 0.190. The van der Waals surface area contributed by atoms with E-state index in [-0.39, 0.29) is 5.91 Å². The van der Waals surface area contributed by atoms with Crippen molar-refractivity contribution in [2.24, 2.45) is 0 Å². The first-order chi connectivity index (χ1) is 12.1. The van der Waals surface area contributed by atoms with Gasteiger partial charge in [0.15, 0.2) is 0 Å². The predicted octanol–water partition coefficient (Wildman–Crippen LogP) is 3.62.